The van der Waals surface area contributed by atoms with Crippen LogP contribution in [0.25, 0.3) is 0 Å². The Morgan fingerprint density at radius 2 is 1.93 bits per heavy atom. The van der Waals surface area contributed by atoms with Gasteiger partial charge in [-0.15, -0.1) is 19.0 Å². The number of rotatable bonds is 4. The van der Waals surface area contributed by atoms with Crippen molar-refractivity contribution < 1.29 is 0 Å². The lowest BCUT2D eigenvalue weighted by atomic mass is 10.0. The predicted molar refractivity (Wildman–Crippen MR) is 67.7 cm³/mol. The smallest absolute Gasteiger partial charge is 0.0297 e. The normalized spacial score (nSPS) is 11.6. The molecular weight excluding hydrogens is 261 g/mol. The van der Waals surface area contributed by atoms with Crippen molar-refractivity contribution in [1.29, 1.82) is 0 Å². The lowest BCUT2D eigenvalue weighted by Crippen LogP contribution is -2.09. The van der Waals surface area contributed by atoms with Gasteiger partial charge in [-0.25, -0.2) is 0 Å². The van der Waals surface area contributed by atoms with Crippen molar-refractivity contribution in [2.24, 2.45) is 5.73 Å². The average Bonchev–Trinajstić information content (AvgIpc) is 2.15. The number of hydrogen-bond donors (Lipinski definition) is 1. The summed E-state index contributed by atoms with van der Waals surface area (Å²) in [6.07, 6.45) is 3.83. The Morgan fingerprint density at radius 3 is 2.43 bits per heavy atom. The van der Waals surface area contributed by atoms with Gasteiger partial charge < -0.3 is 5.73 Å². The molecule has 0 saturated carbocycles. The highest BCUT2D eigenvalue weighted by atomic mass is 79.9. The Bertz CT molecular complexity index is 271. The topological polar surface area (TPSA) is 26.0 Å². The minimum absolute atomic E-state index is 0. The maximum absolute atomic E-state index is 5.97. The second-order valence-corrected chi connectivity index (χ2v) is 3.94. The largest absolute Gasteiger partial charge is 0.324 e. The Morgan fingerprint density at radius 1 is 1.36 bits per heavy atom. The van der Waals surface area contributed by atoms with Crippen LogP contribution in [-0.2, 0) is 0 Å². The molecule has 0 aliphatic rings. The minimum Gasteiger partial charge on any atom is -0.324 e. The van der Waals surface area contributed by atoms with Gasteiger partial charge >= 0.3 is 0 Å². The van der Waals surface area contributed by atoms with Gasteiger partial charge in [0.25, 0.3) is 0 Å². The van der Waals surface area contributed by atoms with Crippen molar-refractivity contribution in [3.8, 4) is 0 Å². The van der Waals surface area contributed by atoms with Gasteiger partial charge in [0.05, 0.1) is 0 Å². The first-order chi connectivity index (χ1) is 6.24. The zero-order chi connectivity index (χ0) is 9.68. The van der Waals surface area contributed by atoms with Crippen molar-refractivity contribution in [2.45, 2.75) is 18.9 Å². The molecule has 0 radical (unpaired) electrons. The van der Waals surface area contributed by atoms with Gasteiger partial charge in [0.2, 0.25) is 0 Å². The van der Waals surface area contributed by atoms with E-state index in [-0.39, 0.29) is 18.4 Å². The first kappa shape index (κ1) is 13.7. The molecule has 1 aromatic rings. The van der Waals surface area contributed by atoms with E-state index >= 15 is 0 Å². The van der Waals surface area contributed by atoms with E-state index in [1.807, 2.05) is 18.2 Å². The fraction of sp³-hybridized carbons (Fsp3) is 0.273. The van der Waals surface area contributed by atoms with E-state index in [1.54, 1.807) is 0 Å². The zero-order valence-electron chi connectivity index (χ0n) is 7.95. The maximum Gasteiger partial charge on any atom is 0.0297 e. The van der Waals surface area contributed by atoms with E-state index in [0.717, 1.165) is 17.3 Å². The molecule has 0 unspecified atom stereocenters. The Kier molecular flexibility index (Phi) is 6.89. The SMILES string of the molecule is C=CCC[C@H](N)c1ccc(Br)cc1.Cl. The lowest BCUT2D eigenvalue weighted by Gasteiger charge is -2.10. The average molecular weight is 277 g/mol. The molecule has 1 nitrogen and oxygen atoms in total. The first-order valence-electron chi connectivity index (χ1n) is 4.36. The van der Waals surface area contributed by atoms with Gasteiger partial charge in [0.1, 0.15) is 0 Å². The van der Waals surface area contributed by atoms with Crippen LogP contribution in [0.5, 0.6) is 0 Å². The molecule has 0 fully saturated rings. The van der Waals surface area contributed by atoms with Crippen LogP contribution < -0.4 is 5.73 Å². The van der Waals surface area contributed by atoms with Gasteiger partial charge in [0.15, 0.2) is 0 Å². The van der Waals surface area contributed by atoms with Gasteiger partial charge in [-0.3, -0.25) is 0 Å². The van der Waals surface area contributed by atoms with E-state index < -0.39 is 0 Å². The van der Waals surface area contributed by atoms with Crippen LogP contribution in [0, 0.1) is 0 Å². The Labute approximate surface area is 99.9 Å². The van der Waals surface area contributed by atoms with Gasteiger partial charge in [-0.1, -0.05) is 34.1 Å². The monoisotopic (exact) mass is 275 g/mol. The summed E-state index contributed by atoms with van der Waals surface area (Å²) in [4.78, 5) is 0. The summed E-state index contributed by atoms with van der Waals surface area (Å²) in [7, 11) is 0. The maximum atomic E-state index is 5.97. The van der Waals surface area contributed by atoms with Crippen molar-refractivity contribution >= 4 is 28.3 Å². The van der Waals surface area contributed by atoms with E-state index in [4.69, 9.17) is 5.73 Å². The number of benzene rings is 1. The summed E-state index contributed by atoms with van der Waals surface area (Å²) in [6, 6.07) is 8.27. The zero-order valence-corrected chi connectivity index (χ0v) is 10.4. The fourth-order valence-electron chi connectivity index (χ4n) is 1.17. The fourth-order valence-corrected chi connectivity index (χ4v) is 1.44. The third kappa shape index (κ3) is 4.27. The molecule has 0 heterocycles. The molecule has 0 aliphatic carbocycles. The molecule has 2 N–H and O–H groups in total. The van der Waals surface area contributed by atoms with Crippen LogP contribution in [0.15, 0.2) is 41.4 Å². The second-order valence-electron chi connectivity index (χ2n) is 3.02. The molecule has 0 bridgehead atoms. The molecule has 0 aromatic heterocycles. The van der Waals surface area contributed by atoms with Crippen LogP contribution in [-0.4, -0.2) is 0 Å². The predicted octanol–water partition coefficient (Wildman–Crippen LogP) is 3.84. The highest BCUT2D eigenvalue weighted by Gasteiger charge is 2.03. The van der Waals surface area contributed by atoms with Crippen molar-refractivity contribution in [2.75, 3.05) is 0 Å². The van der Waals surface area contributed by atoms with Crippen LogP contribution in [0.4, 0.5) is 0 Å². The summed E-state index contributed by atoms with van der Waals surface area (Å²) < 4.78 is 1.09. The molecular formula is C11H15BrClN. The van der Waals surface area contributed by atoms with Crippen LogP contribution >= 0.6 is 28.3 Å². The van der Waals surface area contributed by atoms with Gasteiger partial charge in [0, 0.05) is 10.5 Å². The first-order valence-corrected chi connectivity index (χ1v) is 5.15. The van der Waals surface area contributed by atoms with Crippen LogP contribution in [0.3, 0.4) is 0 Å². The van der Waals surface area contributed by atoms with E-state index in [0.29, 0.717) is 0 Å². The molecule has 0 amide bonds. The summed E-state index contributed by atoms with van der Waals surface area (Å²) in [5.74, 6) is 0. The Balaban J connectivity index is 0.00000169. The van der Waals surface area contributed by atoms with Gasteiger partial charge in [-0.05, 0) is 30.5 Å². The quantitative estimate of drug-likeness (QED) is 0.831. The summed E-state index contributed by atoms with van der Waals surface area (Å²) >= 11 is 3.39. The highest BCUT2D eigenvalue weighted by molar-refractivity contribution is 9.10. The Hall–Kier alpha value is -0.310. The summed E-state index contributed by atoms with van der Waals surface area (Å²) in [6.45, 7) is 3.68. The van der Waals surface area contributed by atoms with Crippen LogP contribution in [0.1, 0.15) is 24.4 Å². The van der Waals surface area contributed by atoms with Crippen LogP contribution in [0.2, 0.25) is 0 Å². The van der Waals surface area contributed by atoms with Crippen molar-refractivity contribution in [3.63, 3.8) is 0 Å². The van der Waals surface area contributed by atoms with Gasteiger partial charge in [-0.2, -0.15) is 0 Å². The third-order valence-corrected chi connectivity index (χ3v) is 2.51. The second kappa shape index (κ2) is 7.04. The third-order valence-electron chi connectivity index (χ3n) is 1.98. The molecule has 1 rings (SSSR count). The molecule has 1 atom stereocenters. The number of nitrogens with two attached hydrogens (primary N) is 1. The molecule has 0 saturated heterocycles. The van der Waals surface area contributed by atoms with E-state index in [2.05, 4.69) is 34.6 Å². The number of halogens is 2. The minimum atomic E-state index is 0. The highest BCUT2D eigenvalue weighted by Crippen LogP contribution is 2.18. The summed E-state index contributed by atoms with van der Waals surface area (Å²) in [5, 5.41) is 0. The molecule has 3 heteroatoms. The summed E-state index contributed by atoms with van der Waals surface area (Å²) in [5.41, 5.74) is 7.15. The van der Waals surface area contributed by atoms with Crippen molar-refractivity contribution in [1.82, 2.24) is 0 Å². The molecule has 0 spiro atoms. The standard InChI is InChI=1S/C11H14BrN.ClH/c1-2-3-4-11(13)9-5-7-10(12)8-6-9;/h2,5-8,11H,1,3-4,13H2;1H/t11-;/m0./s1. The number of allylic oxidation sites excluding steroid dienone is 1. The molecule has 1 aromatic carbocycles. The molecule has 14 heavy (non-hydrogen) atoms. The van der Waals surface area contributed by atoms with E-state index in [9.17, 15) is 0 Å². The molecule has 0 aliphatic heterocycles. The van der Waals surface area contributed by atoms with Crippen molar-refractivity contribution in [3.05, 3.63) is 47.0 Å². The molecule has 78 valence electrons. The van der Waals surface area contributed by atoms with E-state index in [1.165, 1.54) is 5.56 Å². The lowest BCUT2D eigenvalue weighted by molar-refractivity contribution is 0.661. The number of hydrogen-bond acceptors (Lipinski definition) is 1.